The standard InChI is InChI=1S/C13H18FN/c1-10(15-9-13(2,3)4)11-5-7-12(14)8-6-11/h5-10H,1-4H3. The average Bonchev–Trinajstić information content (AvgIpc) is 2.14. The lowest BCUT2D eigenvalue weighted by Crippen LogP contribution is -2.07. The summed E-state index contributed by atoms with van der Waals surface area (Å²) in [6, 6.07) is 6.58. The molecule has 1 aromatic carbocycles. The number of halogens is 1. The van der Waals surface area contributed by atoms with E-state index in [0.717, 1.165) is 5.56 Å². The van der Waals surface area contributed by atoms with Gasteiger partial charge in [-0.05, 0) is 30.0 Å². The van der Waals surface area contributed by atoms with Crippen LogP contribution in [0.5, 0.6) is 0 Å². The Labute approximate surface area is 91.0 Å². The summed E-state index contributed by atoms with van der Waals surface area (Å²) >= 11 is 0. The Bertz CT molecular complexity index is 333. The number of nitrogens with zero attached hydrogens (tertiary/aromatic N) is 1. The largest absolute Gasteiger partial charge is 0.289 e. The van der Waals surface area contributed by atoms with Crippen molar-refractivity contribution in [3.05, 3.63) is 35.6 Å². The molecule has 0 aliphatic carbocycles. The minimum absolute atomic E-state index is 0.0878. The first-order chi connectivity index (χ1) is 6.88. The van der Waals surface area contributed by atoms with Crippen LogP contribution in [0, 0.1) is 11.2 Å². The number of benzene rings is 1. The SMILES string of the molecule is CC(N=CC(C)(C)C)c1ccc(F)cc1. The van der Waals surface area contributed by atoms with Crippen LogP contribution in [0.1, 0.15) is 39.3 Å². The zero-order valence-electron chi connectivity index (χ0n) is 9.79. The third-order valence-corrected chi connectivity index (χ3v) is 2.04. The second kappa shape index (κ2) is 4.56. The fourth-order valence-electron chi connectivity index (χ4n) is 1.16. The van der Waals surface area contributed by atoms with E-state index >= 15 is 0 Å². The topological polar surface area (TPSA) is 12.4 Å². The summed E-state index contributed by atoms with van der Waals surface area (Å²) < 4.78 is 12.7. The fourth-order valence-corrected chi connectivity index (χ4v) is 1.16. The van der Waals surface area contributed by atoms with Gasteiger partial charge in [0.15, 0.2) is 0 Å². The van der Waals surface area contributed by atoms with Crippen molar-refractivity contribution < 1.29 is 4.39 Å². The summed E-state index contributed by atoms with van der Waals surface area (Å²) in [5.41, 5.74) is 1.13. The van der Waals surface area contributed by atoms with Crippen LogP contribution in [-0.2, 0) is 0 Å². The van der Waals surface area contributed by atoms with Gasteiger partial charge in [-0.25, -0.2) is 4.39 Å². The average molecular weight is 207 g/mol. The molecule has 82 valence electrons. The highest BCUT2D eigenvalue weighted by Gasteiger charge is 2.07. The van der Waals surface area contributed by atoms with Crippen molar-refractivity contribution in [1.82, 2.24) is 0 Å². The summed E-state index contributed by atoms with van der Waals surface area (Å²) in [7, 11) is 0. The van der Waals surface area contributed by atoms with Crippen molar-refractivity contribution in [3.8, 4) is 0 Å². The molecule has 0 fully saturated rings. The molecule has 1 unspecified atom stereocenters. The van der Waals surface area contributed by atoms with Gasteiger partial charge in [-0.3, -0.25) is 4.99 Å². The van der Waals surface area contributed by atoms with E-state index in [0.29, 0.717) is 0 Å². The van der Waals surface area contributed by atoms with Crippen LogP contribution < -0.4 is 0 Å². The van der Waals surface area contributed by atoms with E-state index in [1.54, 1.807) is 12.1 Å². The van der Waals surface area contributed by atoms with Gasteiger partial charge in [-0.15, -0.1) is 0 Å². The molecular weight excluding hydrogens is 189 g/mol. The van der Waals surface area contributed by atoms with Crippen molar-refractivity contribution in [2.24, 2.45) is 10.4 Å². The van der Waals surface area contributed by atoms with E-state index in [2.05, 4.69) is 25.8 Å². The first kappa shape index (κ1) is 11.9. The molecule has 0 bridgehead atoms. The molecule has 0 saturated carbocycles. The van der Waals surface area contributed by atoms with Crippen LogP contribution in [0.2, 0.25) is 0 Å². The molecule has 1 aromatic rings. The predicted octanol–water partition coefficient (Wildman–Crippen LogP) is 4.00. The van der Waals surface area contributed by atoms with E-state index in [-0.39, 0.29) is 17.3 Å². The highest BCUT2D eigenvalue weighted by Crippen LogP contribution is 2.18. The third kappa shape index (κ3) is 4.24. The maximum Gasteiger partial charge on any atom is 0.123 e. The molecule has 2 heteroatoms. The first-order valence-corrected chi connectivity index (χ1v) is 5.18. The number of rotatable bonds is 2. The van der Waals surface area contributed by atoms with Crippen molar-refractivity contribution in [2.45, 2.75) is 33.7 Å². The Morgan fingerprint density at radius 1 is 1.20 bits per heavy atom. The van der Waals surface area contributed by atoms with Crippen LogP contribution in [0.15, 0.2) is 29.3 Å². The Balaban J connectivity index is 2.73. The number of aliphatic imine (C=N–C) groups is 1. The molecule has 0 N–H and O–H groups in total. The molecule has 0 aliphatic rings. The molecule has 0 radical (unpaired) electrons. The summed E-state index contributed by atoms with van der Waals surface area (Å²) in [5, 5.41) is 0. The van der Waals surface area contributed by atoms with E-state index in [4.69, 9.17) is 0 Å². The molecule has 0 spiro atoms. The lowest BCUT2D eigenvalue weighted by atomic mass is 9.99. The van der Waals surface area contributed by atoms with Gasteiger partial charge in [-0.1, -0.05) is 32.9 Å². The molecule has 1 rings (SSSR count). The van der Waals surface area contributed by atoms with Crippen LogP contribution in [0.3, 0.4) is 0 Å². The molecular formula is C13H18FN. The number of hydrogen-bond donors (Lipinski definition) is 0. The normalized spacial score (nSPS) is 14.5. The number of hydrogen-bond acceptors (Lipinski definition) is 1. The van der Waals surface area contributed by atoms with E-state index in [1.807, 2.05) is 13.1 Å². The second-order valence-electron chi connectivity index (χ2n) is 4.87. The van der Waals surface area contributed by atoms with E-state index in [1.165, 1.54) is 12.1 Å². The van der Waals surface area contributed by atoms with Gasteiger partial charge >= 0.3 is 0 Å². The van der Waals surface area contributed by atoms with Gasteiger partial charge in [0.25, 0.3) is 0 Å². The maximum atomic E-state index is 12.7. The zero-order valence-corrected chi connectivity index (χ0v) is 9.79. The summed E-state index contributed by atoms with van der Waals surface area (Å²) in [5.74, 6) is -0.203. The van der Waals surface area contributed by atoms with Gasteiger partial charge < -0.3 is 0 Å². The Kier molecular flexibility index (Phi) is 3.61. The molecule has 1 nitrogen and oxygen atoms in total. The highest BCUT2D eigenvalue weighted by atomic mass is 19.1. The van der Waals surface area contributed by atoms with Crippen molar-refractivity contribution >= 4 is 6.21 Å². The van der Waals surface area contributed by atoms with Crippen LogP contribution in [0.25, 0.3) is 0 Å². The van der Waals surface area contributed by atoms with Gasteiger partial charge in [0, 0.05) is 6.21 Å². The molecule has 0 amide bonds. The maximum absolute atomic E-state index is 12.7. The Hall–Kier alpha value is -1.18. The summed E-state index contributed by atoms with van der Waals surface area (Å²) in [6.07, 6.45) is 1.95. The zero-order chi connectivity index (χ0) is 11.5. The van der Waals surface area contributed by atoms with Crippen LogP contribution in [0.4, 0.5) is 4.39 Å². The predicted molar refractivity (Wildman–Crippen MR) is 62.8 cm³/mol. The van der Waals surface area contributed by atoms with Crippen molar-refractivity contribution in [2.75, 3.05) is 0 Å². The van der Waals surface area contributed by atoms with Gasteiger partial charge in [0.05, 0.1) is 6.04 Å². The molecule has 0 aliphatic heterocycles. The Morgan fingerprint density at radius 3 is 2.20 bits per heavy atom. The summed E-state index contributed by atoms with van der Waals surface area (Å²) in [6.45, 7) is 8.32. The Morgan fingerprint density at radius 2 is 1.73 bits per heavy atom. The van der Waals surface area contributed by atoms with Crippen molar-refractivity contribution in [3.63, 3.8) is 0 Å². The monoisotopic (exact) mass is 207 g/mol. The molecule has 0 heterocycles. The highest BCUT2D eigenvalue weighted by molar-refractivity contribution is 5.64. The van der Waals surface area contributed by atoms with Crippen molar-refractivity contribution in [1.29, 1.82) is 0 Å². The van der Waals surface area contributed by atoms with E-state index in [9.17, 15) is 4.39 Å². The molecule has 1 atom stereocenters. The van der Waals surface area contributed by atoms with Crippen LogP contribution in [-0.4, -0.2) is 6.21 Å². The van der Waals surface area contributed by atoms with Crippen LogP contribution >= 0.6 is 0 Å². The molecule has 0 aromatic heterocycles. The first-order valence-electron chi connectivity index (χ1n) is 5.18. The quantitative estimate of drug-likeness (QED) is 0.650. The fraction of sp³-hybridized carbons (Fsp3) is 0.462. The minimum Gasteiger partial charge on any atom is -0.289 e. The second-order valence-corrected chi connectivity index (χ2v) is 4.87. The molecule has 0 saturated heterocycles. The lowest BCUT2D eigenvalue weighted by molar-refractivity contribution is 0.598. The lowest BCUT2D eigenvalue weighted by Gasteiger charge is -2.13. The van der Waals surface area contributed by atoms with Gasteiger partial charge in [-0.2, -0.15) is 0 Å². The smallest absolute Gasteiger partial charge is 0.123 e. The third-order valence-electron chi connectivity index (χ3n) is 2.04. The minimum atomic E-state index is -0.203. The van der Waals surface area contributed by atoms with Gasteiger partial charge in [0.2, 0.25) is 0 Å². The molecule has 15 heavy (non-hydrogen) atoms. The summed E-state index contributed by atoms with van der Waals surface area (Å²) in [4.78, 5) is 4.45. The van der Waals surface area contributed by atoms with Gasteiger partial charge in [0.1, 0.15) is 5.82 Å². The van der Waals surface area contributed by atoms with E-state index < -0.39 is 0 Å².